The van der Waals surface area contributed by atoms with Gasteiger partial charge < -0.3 is 10.1 Å². The average molecular weight is 242 g/mol. The molecule has 0 spiro atoms. The molecule has 1 aliphatic carbocycles. The Bertz CT molecular complexity index is 183. The van der Waals surface area contributed by atoms with Crippen molar-refractivity contribution in [2.75, 3.05) is 33.4 Å². The normalized spacial score (nSPS) is 17.6. The van der Waals surface area contributed by atoms with Gasteiger partial charge in [-0.2, -0.15) is 0 Å². The Hall–Kier alpha value is -0.120. The van der Waals surface area contributed by atoms with E-state index in [4.69, 9.17) is 4.74 Å². The van der Waals surface area contributed by atoms with Crippen LogP contribution < -0.4 is 5.32 Å². The largest absolute Gasteiger partial charge is 0.383 e. The molecule has 1 aliphatic rings. The number of hydrogen-bond donors (Lipinski definition) is 1. The molecule has 102 valence electrons. The summed E-state index contributed by atoms with van der Waals surface area (Å²) < 4.78 is 5.20. The summed E-state index contributed by atoms with van der Waals surface area (Å²) in [7, 11) is 1.80. The smallest absolute Gasteiger partial charge is 0.0589 e. The highest BCUT2D eigenvalue weighted by atomic mass is 16.5. The third-order valence-corrected chi connectivity index (χ3v) is 3.54. The van der Waals surface area contributed by atoms with E-state index in [0.717, 1.165) is 25.7 Å². The first-order chi connectivity index (χ1) is 8.29. The summed E-state index contributed by atoms with van der Waals surface area (Å²) in [6.45, 7) is 8.88. The molecule has 0 aromatic rings. The van der Waals surface area contributed by atoms with Crippen molar-refractivity contribution < 1.29 is 4.74 Å². The Kier molecular flexibility index (Phi) is 7.82. The summed E-state index contributed by atoms with van der Waals surface area (Å²) in [4.78, 5) is 2.64. The van der Waals surface area contributed by atoms with E-state index in [2.05, 4.69) is 24.1 Å². The molecule has 0 radical (unpaired) electrons. The minimum Gasteiger partial charge on any atom is -0.383 e. The molecule has 0 bridgehead atoms. The van der Waals surface area contributed by atoms with Crippen molar-refractivity contribution in [2.45, 2.75) is 58.0 Å². The number of hydrogen-bond acceptors (Lipinski definition) is 3. The maximum absolute atomic E-state index is 5.20. The van der Waals surface area contributed by atoms with Gasteiger partial charge in [0, 0.05) is 25.7 Å². The number of nitrogens with zero attached hydrogens (tertiary/aromatic N) is 1. The molecule has 0 aliphatic heterocycles. The van der Waals surface area contributed by atoms with E-state index in [1.54, 1.807) is 7.11 Å². The van der Waals surface area contributed by atoms with Crippen LogP contribution in [0, 0.1) is 0 Å². The summed E-state index contributed by atoms with van der Waals surface area (Å²) in [5.41, 5.74) is 0. The predicted octanol–water partition coefficient (Wildman–Crippen LogP) is 2.27. The van der Waals surface area contributed by atoms with Gasteiger partial charge in [-0.15, -0.1) is 0 Å². The first-order valence-electron chi connectivity index (χ1n) is 7.25. The lowest BCUT2D eigenvalue weighted by molar-refractivity contribution is 0.115. The van der Waals surface area contributed by atoms with Gasteiger partial charge in [0.25, 0.3) is 0 Å². The first kappa shape index (κ1) is 14.9. The number of nitrogens with one attached hydrogen (secondary N) is 1. The van der Waals surface area contributed by atoms with Gasteiger partial charge in [0.2, 0.25) is 0 Å². The Morgan fingerprint density at radius 2 is 2.12 bits per heavy atom. The standard InChI is InChI=1S/C14H30N2O/c1-4-9-15-10-5-6-13(2)16(11-12-17-3)14-7-8-14/h13-15H,4-12H2,1-3H3. The lowest BCUT2D eigenvalue weighted by atomic mass is 10.1. The van der Waals surface area contributed by atoms with E-state index in [0.29, 0.717) is 6.04 Å². The molecule has 0 aromatic heterocycles. The molecule has 0 heterocycles. The molecular weight excluding hydrogens is 212 g/mol. The van der Waals surface area contributed by atoms with Crippen LogP contribution in [-0.2, 0) is 4.74 Å². The molecular formula is C14H30N2O. The highest BCUT2D eigenvalue weighted by Gasteiger charge is 2.31. The number of ether oxygens (including phenoxy) is 1. The number of rotatable bonds is 11. The van der Waals surface area contributed by atoms with Crippen LogP contribution in [0.15, 0.2) is 0 Å². The molecule has 1 fully saturated rings. The zero-order valence-electron chi connectivity index (χ0n) is 11.9. The van der Waals surface area contributed by atoms with E-state index < -0.39 is 0 Å². The van der Waals surface area contributed by atoms with E-state index in [9.17, 15) is 0 Å². The van der Waals surface area contributed by atoms with Gasteiger partial charge in [0.15, 0.2) is 0 Å². The van der Waals surface area contributed by atoms with Crippen LogP contribution in [0.4, 0.5) is 0 Å². The Labute approximate surface area is 107 Å². The fraction of sp³-hybridized carbons (Fsp3) is 1.00. The van der Waals surface area contributed by atoms with Crippen LogP contribution in [0.3, 0.4) is 0 Å². The van der Waals surface area contributed by atoms with Gasteiger partial charge in [0.1, 0.15) is 0 Å². The van der Waals surface area contributed by atoms with Crippen LogP contribution in [0.2, 0.25) is 0 Å². The van der Waals surface area contributed by atoms with Crippen LogP contribution in [0.1, 0.15) is 46.0 Å². The van der Waals surface area contributed by atoms with Gasteiger partial charge in [-0.25, -0.2) is 0 Å². The van der Waals surface area contributed by atoms with E-state index in [1.807, 2.05) is 0 Å². The molecule has 3 heteroatoms. The van der Waals surface area contributed by atoms with Crippen molar-refractivity contribution >= 4 is 0 Å². The zero-order chi connectivity index (χ0) is 12.5. The highest BCUT2D eigenvalue weighted by molar-refractivity contribution is 4.87. The van der Waals surface area contributed by atoms with Gasteiger partial charge in [-0.05, 0) is 52.1 Å². The molecule has 0 amide bonds. The molecule has 1 rings (SSSR count). The Balaban J connectivity index is 2.11. The van der Waals surface area contributed by atoms with E-state index in [-0.39, 0.29) is 0 Å². The Morgan fingerprint density at radius 1 is 1.35 bits per heavy atom. The molecule has 17 heavy (non-hydrogen) atoms. The number of methoxy groups -OCH3 is 1. The van der Waals surface area contributed by atoms with Crippen molar-refractivity contribution in [2.24, 2.45) is 0 Å². The first-order valence-corrected chi connectivity index (χ1v) is 7.25. The summed E-state index contributed by atoms with van der Waals surface area (Å²) >= 11 is 0. The second kappa shape index (κ2) is 8.90. The van der Waals surface area contributed by atoms with Gasteiger partial charge in [-0.3, -0.25) is 4.90 Å². The van der Waals surface area contributed by atoms with Crippen LogP contribution in [0.25, 0.3) is 0 Å². The lowest BCUT2D eigenvalue weighted by Gasteiger charge is -2.29. The van der Waals surface area contributed by atoms with Gasteiger partial charge in [-0.1, -0.05) is 6.92 Å². The van der Waals surface area contributed by atoms with Gasteiger partial charge in [0.05, 0.1) is 6.61 Å². The van der Waals surface area contributed by atoms with Crippen LogP contribution >= 0.6 is 0 Å². The average Bonchev–Trinajstić information content (AvgIpc) is 3.14. The monoisotopic (exact) mass is 242 g/mol. The maximum atomic E-state index is 5.20. The van der Waals surface area contributed by atoms with Crippen molar-refractivity contribution in [1.82, 2.24) is 10.2 Å². The topological polar surface area (TPSA) is 24.5 Å². The zero-order valence-corrected chi connectivity index (χ0v) is 11.9. The third-order valence-electron chi connectivity index (χ3n) is 3.54. The molecule has 1 unspecified atom stereocenters. The van der Waals surface area contributed by atoms with Crippen molar-refractivity contribution in [3.63, 3.8) is 0 Å². The molecule has 1 atom stereocenters. The fourth-order valence-corrected chi connectivity index (χ4v) is 2.36. The van der Waals surface area contributed by atoms with E-state index in [1.165, 1.54) is 38.6 Å². The summed E-state index contributed by atoms with van der Waals surface area (Å²) in [5.74, 6) is 0. The maximum Gasteiger partial charge on any atom is 0.0589 e. The highest BCUT2D eigenvalue weighted by Crippen LogP contribution is 2.29. The summed E-state index contributed by atoms with van der Waals surface area (Å²) in [6, 6.07) is 1.56. The third kappa shape index (κ3) is 6.39. The second-order valence-electron chi connectivity index (χ2n) is 5.20. The van der Waals surface area contributed by atoms with Crippen LogP contribution in [0.5, 0.6) is 0 Å². The molecule has 1 N–H and O–H groups in total. The quantitative estimate of drug-likeness (QED) is 0.563. The second-order valence-corrected chi connectivity index (χ2v) is 5.20. The molecule has 0 aromatic carbocycles. The van der Waals surface area contributed by atoms with Gasteiger partial charge >= 0.3 is 0 Å². The fourth-order valence-electron chi connectivity index (χ4n) is 2.36. The summed E-state index contributed by atoms with van der Waals surface area (Å²) in [5, 5.41) is 3.47. The van der Waals surface area contributed by atoms with Crippen LogP contribution in [-0.4, -0.2) is 50.3 Å². The molecule has 1 saturated carbocycles. The summed E-state index contributed by atoms with van der Waals surface area (Å²) in [6.07, 6.45) is 6.61. The minimum absolute atomic E-state index is 0.709. The SMILES string of the molecule is CCCNCCCC(C)N(CCOC)C1CC1. The van der Waals surface area contributed by atoms with Crippen molar-refractivity contribution in [3.8, 4) is 0 Å². The minimum atomic E-state index is 0.709. The Morgan fingerprint density at radius 3 is 2.71 bits per heavy atom. The van der Waals surface area contributed by atoms with Crippen molar-refractivity contribution in [3.05, 3.63) is 0 Å². The predicted molar refractivity (Wildman–Crippen MR) is 73.5 cm³/mol. The van der Waals surface area contributed by atoms with E-state index >= 15 is 0 Å². The van der Waals surface area contributed by atoms with Crippen molar-refractivity contribution in [1.29, 1.82) is 0 Å². The lowest BCUT2D eigenvalue weighted by Crippen LogP contribution is -2.38. The molecule has 0 saturated heterocycles. The molecule has 3 nitrogen and oxygen atoms in total.